The molecule has 2 rings (SSSR count). The van der Waals surface area contributed by atoms with Crippen molar-refractivity contribution in [2.75, 3.05) is 0 Å². The van der Waals surface area contributed by atoms with Crippen LogP contribution < -0.4 is 0 Å². The van der Waals surface area contributed by atoms with E-state index in [1.165, 1.54) is 0 Å². The van der Waals surface area contributed by atoms with E-state index < -0.39 is 29.0 Å². The normalized spacial score (nSPS) is 12.7. The van der Waals surface area contributed by atoms with Crippen molar-refractivity contribution in [2.45, 2.75) is 18.2 Å². The average molecular weight is 330 g/mol. The quantitative estimate of drug-likeness (QED) is 0.564. The Morgan fingerprint density at radius 1 is 1.00 bits per heavy atom. The summed E-state index contributed by atoms with van der Waals surface area (Å²) in [5.41, 5.74) is -3.51. The van der Waals surface area contributed by atoms with Gasteiger partial charge >= 0.3 is 12.4 Å². The van der Waals surface area contributed by atoms with E-state index in [1.54, 1.807) is 0 Å². The molecule has 2 nitrogen and oxygen atoms in total. The Labute approximate surface area is 119 Å². The van der Waals surface area contributed by atoms with Gasteiger partial charge in [0, 0.05) is 11.6 Å². The van der Waals surface area contributed by atoms with Gasteiger partial charge in [0.05, 0.1) is 17.0 Å². The first-order valence-corrected chi connectivity index (χ1v) is 5.96. The highest BCUT2D eigenvalue weighted by Crippen LogP contribution is 2.40. The fraction of sp³-hybridized carbons (Fsp3) is 0.250. The molecule has 21 heavy (non-hydrogen) atoms. The molecular weight excluding hydrogens is 324 g/mol. The van der Waals surface area contributed by atoms with Gasteiger partial charge in [-0.15, -0.1) is 11.6 Å². The highest BCUT2D eigenvalue weighted by atomic mass is 35.5. The van der Waals surface area contributed by atoms with Crippen LogP contribution in [0.3, 0.4) is 0 Å². The van der Waals surface area contributed by atoms with Crippen molar-refractivity contribution in [2.24, 2.45) is 0 Å². The molecule has 0 fully saturated rings. The molecule has 1 aromatic carbocycles. The van der Waals surface area contributed by atoms with Crippen LogP contribution in [0.2, 0.25) is 0 Å². The van der Waals surface area contributed by atoms with Crippen LogP contribution in [0.5, 0.6) is 0 Å². The molecule has 9 heteroatoms. The number of benzene rings is 1. The maximum Gasteiger partial charge on any atom is 0.417 e. The lowest BCUT2D eigenvalue weighted by Gasteiger charge is -2.14. The Balaban J connectivity index is 2.64. The second kappa shape index (κ2) is 5.25. The van der Waals surface area contributed by atoms with Crippen molar-refractivity contribution in [1.29, 1.82) is 0 Å². The van der Waals surface area contributed by atoms with Gasteiger partial charge in [-0.25, -0.2) is 0 Å². The Bertz CT molecular complexity index is 646. The van der Waals surface area contributed by atoms with E-state index in [0.717, 1.165) is 6.07 Å². The molecule has 0 aliphatic heterocycles. The summed E-state index contributed by atoms with van der Waals surface area (Å²) in [6.45, 7) is 0. The Hall–Kier alpha value is -1.70. The van der Waals surface area contributed by atoms with Crippen molar-refractivity contribution in [1.82, 2.24) is 5.16 Å². The van der Waals surface area contributed by atoms with Crippen LogP contribution in [0.1, 0.15) is 16.9 Å². The molecule has 0 saturated carbocycles. The lowest BCUT2D eigenvalue weighted by atomic mass is 10.0. The smallest absolute Gasteiger partial charge is 0.359 e. The van der Waals surface area contributed by atoms with Crippen LogP contribution in [0.15, 0.2) is 28.8 Å². The summed E-state index contributed by atoms with van der Waals surface area (Å²) in [5.74, 6) is -0.106. The average Bonchev–Trinajstić information content (AvgIpc) is 2.84. The summed E-state index contributed by atoms with van der Waals surface area (Å²) in [6, 6.07) is 2.19. The summed E-state index contributed by atoms with van der Waals surface area (Å²) in [5, 5.41) is 3.33. The monoisotopic (exact) mass is 329 g/mol. The molecule has 0 spiro atoms. The van der Waals surface area contributed by atoms with Gasteiger partial charge in [0.1, 0.15) is 5.69 Å². The van der Waals surface area contributed by atoms with E-state index in [1.807, 2.05) is 0 Å². The minimum absolute atomic E-state index is 0.0530. The van der Waals surface area contributed by atoms with Crippen LogP contribution in [0.4, 0.5) is 26.3 Å². The van der Waals surface area contributed by atoms with Crippen molar-refractivity contribution >= 4 is 11.6 Å². The number of rotatable bonds is 2. The van der Waals surface area contributed by atoms with Crippen LogP contribution in [-0.2, 0) is 18.2 Å². The number of nitrogens with zero attached hydrogens (tertiary/aromatic N) is 1. The third-order valence-corrected chi connectivity index (χ3v) is 2.88. The van der Waals surface area contributed by atoms with Gasteiger partial charge < -0.3 is 4.52 Å². The Morgan fingerprint density at radius 2 is 1.67 bits per heavy atom. The molecule has 1 heterocycles. The first-order valence-electron chi connectivity index (χ1n) is 5.43. The molecule has 1 aromatic heterocycles. The summed E-state index contributed by atoms with van der Waals surface area (Å²) < 4.78 is 81.2. The van der Waals surface area contributed by atoms with Crippen molar-refractivity contribution in [3.05, 3.63) is 41.2 Å². The number of alkyl halides is 7. The molecule has 0 bridgehead atoms. The van der Waals surface area contributed by atoms with Crippen molar-refractivity contribution in [3.63, 3.8) is 0 Å². The molecule has 0 radical (unpaired) electrons. The zero-order valence-electron chi connectivity index (χ0n) is 10.0. The van der Waals surface area contributed by atoms with Gasteiger partial charge in [0.15, 0.2) is 5.76 Å². The minimum atomic E-state index is -4.82. The Kier molecular flexibility index (Phi) is 3.92. The molecular formula is C12H6ClF6NO. The van der Waals surface area contributed by atoms with Gasteiger partial charge in [0.25, 0.3) is 0 Å². The number of hydrogen-bond acceptors (Lipinski definition) is 2. The minimum Gasteiger partial charge on any atom is -0.359 e. The highest BCUT2D eigenvalue weighted by molar-refractivity contribution is 6.16. The molecule has 0 atom stereocenters. The number of hydrogen-bond donors (Lipinski definition) is 0. The first-order chi connectivity index (χ1) is 9.63. The predicted molar refractivity (Wildman–Crippen MR) is 61.5 cm³/mol. The van der Waals surface area contributed by atoms with E-state index in [0.29, 0.717) is 18.2 Å². The highest BCUT2D eigenvalue weighted by Gasteiger charge is 2.37. The topological polar surface area (TPSA) is 26.0 Å². The van der Waals surface area contributed by atoms with Gasteiger partial charge in [-0.05, 0) is 18.2 Å². The SMILES string of the molecule is FC(F)(F)c1ccc(C(F)(F)F)c(-c2cc(CCl)on2)c1. The van der Waals surface area contributed by atoms with E-state index >= 15 is 0 Å². The molecule has 2 aromatic rings. The van der Waals surface area contributed by atoms with Gasteiger partial charge in [-0.2, -0.15) is 26.3 Å². The summed E-state index contributed by atoms with van der Waals surface area (Å²) in [7, 11) is 0. The molecule has 0 N–H and O–H groups in total. The van der Waals surface area contributed by atoms with E-state index in [9.17, 15) is 26.3 Å². The molecule has 0 aliphatic rings. The van der Waals surface area contributed by atoms with Crippen LogP contribution >= 0.6 is 11.6 Å². The molecule has 114 valence electrons. The summed E-state index contributed by atoms with van der Waals surface area (Å²) in [4.78, 5) is 0. The fourth-order valence-electron chi connectivity index (χ4n) is 1.68. The molecule has 0 saturated heterocycles. The van der Waals surface area contributed by atoms with Crippen LogP contribution in [-0.4, -0.2) is 5.16 Å². The number of aromatic nitrogens is 1. The Morgan fingerprint density at radius 3 is 2.14 bits per heavy atom. The molecule has 0 amide bonds. The lowest BCUT2D eigenvalue weighted by molar-refractivity contribution is -0.141. The number of halogens is 7. The van der Waals surface area contributed by atoms with Crippen molar-refractivity contribution in [3.8, 4) is 11.3 Å². The molecule has 0 unspecified atom stereocenters. The van der Waals surface area contributed by atoms with E-state index in [4.69, 9.17) is 11.6 Å². The van der Waals surface area contributed by atoms with E-state index in [2.05, 4.69) is 9.68 Å². The van der Waals surface area contributed by atoms with Crippen molar-refractivity contribution < 1.29 is 30.9 Å². The predicted octanol–water partition coefficient (Wildman–Crippen LogP) is 5.12. The standard InChI is InChI=1S/C12H6ClF6NO/c13-5-7-4-10(20-21-7)8-3-6(11(14,15)16)1-2-9(8)12(17,18)19/h1-4H,5H2. The second-order valence-corrected chi connectivity index (χ2v) is 4.34. The maximum atomic E-state index is 12.9. The van der Waals surface area contributed by atoms with E-state index in [-0.39, 0.29) is 17.3 Å². The van der Waals surface area contributed by atoms with Crippen LogP contribution in [0, 0.1) is 0 Å². The molecule has 0 aliphatic carbocycles. The van der Waals surface area contributed by atoms with Gasteiger partial charge in [0.2, 0.25) is 0 Å². The maximum absolute atomic E-state index is 12.9. The zero-order valence-corrected chi connectivity index (χ0v) is 10.8. The third kappa shape index (κ3) is 3.31. The summed E-state index contributed by atoms with van der Waals surface area (Å²) >= 11 is 5.43. The van der Waals surface area contributed by atoms with Gasteiger partial charge in [-0.3, -0.25) is 0 Å². The van der Waals surface area contributed by atoms with Crippen LogP contribution in [0.25, 0.3) is 11.3 Å². The first kappa shape index (κ1) is 15.7. The third-order valence-electron chi connectivity index (χ3n) is 2.62. The zero-order chi connectivity index (χ0) is 15.8. The lowest BCUT2D eigenvalue weighted by Crippen LogP contribution is -2.11. The fourth-order valence-corrected chi connectivity index (χ4v) is 1.81. The van der Waals surface area contributed by atoms with Gasteiger partial charge in [-0.1, -0.05) is 5.16 Å². The largest absolute Gasteiger partial charge is 0.417 e. The summed E-state index contributed by atoms with van der Waals surface area (Å²) in [6.07, 6.45) is -9.59. The second-order valence-electron chi connectivity index (χ2n) is 4.07.